The molecule has 1 fully saturated rings. The molecule has 0 aliphatic heterocycles. The van der Waals surface area contributed by atoms with Crippen LogP contribution < -0.4 is 5.32 Å². The van der Waals surface area contributed by atoms with Gasteiger partial charge in [0.2, 0.25) is 0 Å². The van der Waals surface area contributed by atoms with Crippen molar-refractivity contribution < 1.29 is 0 Å². The summed E-state index contributed by atoms with van der Waals surface area (Å²) in [5, 5.41) is 11.5. The number of allylic oxidation sites excluding steroid dienone is 1. The van der Waals surface area contributed by atoms with Crippen molar-refractivity contribution in [2.45, 2.75) is 38.6 Å². The second kappa shape index (κ2) is 5.25. The van der Waals surface area contributed by atoms with Crippen molar-refractivity contribution in [2.24, 2.45) is 7.05 Å². The molecular formula is C12H20N4. The van der Waals surface area contributed by atoms with E-state index in [2.05, 4.69) is 28.6 Å². The van der Waals surface area contributed by atoms with E-state index >= 15 is 0 Å². The molecular weight excluding hydrogens is 200 g/mol. The third kappa shape index (κ3) is 3.77. The summed E-state index contributed by atoms with van der Waals surface area (Å²) in [6.07, 6.45) is 9.02. The van der Waals surface area contributed by atoms with Crippen LogP contribution in [0.5, 0.6) is 0 Å². The first kappa shape index (κ1) is 11.3. The minimum Gasteiger partial charge on any atom is -0.314 e. The van der Waals surface area contributed by atoms with Crippen LogP contribution in [0.25, 0.3) is 0 Å². The number of hydrogen-bond donors (Lipinski definition) is 1. The molecule has 0 radical (unpaired) electrons. The lowest BCUT2D eigenvalue weighted by Gasteiger charge is -2.00. The largest absolute Gasteiger partial charge is 0.314 e. The monoisotopic (exact) mass is 220 g/mol. The molecule has 16 heavy (non-hydrogen) atoms. The van der Waals surface area contributed by atoms with Gasteiger partial charge in [0.05, 0.1) is 5.69 Å². The van der Waals surface area contributed by atoms with E-state index in [9.17, 15) is 0 Å². The lowest BCUT2D eigenvalue weighted by atomic mass is 10.1. The highest BCUT2D eigenvalue weighted by Crippen LogP contribution is 2.18. The van der Waals surface area contributed by atoms with Gasteiger partial charge in [-0.2, -0.15) is 0 Å². The van der Waals surface area contributed by atoms with Crippen molar-refractivity contribution in [3.63, 3.8) is 0 Å². The van der Waals surface area contributed by atoms with Gasteiger partial charge in [0, 0.05) is 25.7 Å². The lowest BCUT2D eigenvalue weighted by molar-refractivity contribution is 0.688. The van der Waals surface area contributed by atoms with Crippen LogP contribution in [-0.4, -0.2) is 27.6 Å². The summed E-state index contributed by atoms with van der Waals surface area (Å²) in [6, 6.07) is 0.814. The molecule has 1 aliphatic carbocycles. The molecule has 0 aromatic carbocycles. The van der Waals surface area contributed by atoms with Gasteiger partial charge in [-0.15, -0.1) is 5.10 Å². The fraction of sp³-hybridized carbons (Fsp3) is 0.667. The van der Waals surface area contributed by atoms with Crippen LogP contribution in [0.1, 0.15) is 31.9 Å². The fourth-order valence-corrected chi connectivity index (χ4v) is 1.73. The van der Waals surface area contributed by atoms with Gasteiger partial charge in [0.25, 0.3) is 0 Å². The van der Waals surface area contributed by atoms with Crippen molar-refractivity contribution in [1.29, 1.82) is 0 Å². The molecule has 0 bridgehead atoms. The highest BCUT2D eigenvalue weighted by molar-refractivity contribution is 5.09. The van der Waals surface area contributed by atoms with E-state index < -0.39 is 0 Å². The van der Waals surface area contributed by atoms with Crippen LogP contribution >= 0.6 is 0 Å². The van der Waals surface area contributed by atoms with Crippen molar-refractivity contribution >= 4 is 0 Å². The van der Waals surface area contributed by atoms with Crippen LogP contribution in [-0.2, 0) is 13.5 Å². The van der Waals surface area contributed by atoms with E-state index in [1.807, 2.05) is 13.2 Å². The van der Waals surface area contributed by atoms with E-state index in [1.165, 1.54) is 18.4 Å². The van der Waals surface area contributed by atoms with Gasteiger partial charge in [0.15, 0.2) is 0 Å². The molecule has 1 aromatic heterocycles. The van der Waals surface area contributed by atoms with Gasteiger partial charge in [0.1, 0.15) is 0 Å². The van der Waals surface area contributed by atoms with Crippen molar-refractivity contribution in [3.05, 3.63) is 23.5 Å². The fourth-order valence-electron chi connectivity index (χ4n) is 1.73. The minimum absolute atomic E-state index is 0.814. The van der Waals surface area contributed by atoms with E-state index in [1.54, 1.807) is 4.68 Å². The first-order chi connectivity index (χ1) is 7.74. The number of rotatable bonds is 6. The molecule has 4 heteroatoms. The molecule has 1 N–H and O–H groups in total. The van der Waals surface area contributed by atoms with Crippen molar-refractivity contribution in [1.82, 2.24) is 20.3 Å². The summed E-state index contributed by atoms with van der Waals surface area (Å²) < 4.78 is 1.75. The van der Waals surface area contributed by atoms with Gasteiger partial charge >= 0.3 is 0 Å². The van der Waals surface area contributed by atoms with E-state index in [4.69, 9.17) is 0 Å². The Morgan fingerprint density at radius 2 is 2.44 bits per heavy atom. The standard InChI is InChI=1S/C12H20N4/c1-10(4-3-7-13-11-5-6-11)8-12-9-16(2)15-14-12/h4,9,11,13H,3,5-8H2,1-2H3. The van der Waals surface area contributed by atoms with Gasteiger partial charge in [-0.25, -0.2) is 0 Å². The molecule has 1 saturated carbocycles. The molecule has 0 atom stereocenters. The quantitative estimate of drug-likeness (QED) is 0.583. The zero-order valence-corrected chi connectivity index (χ0v) is 10.1. The Hall–Kier alpha value is -1.16. The molecule has 2 rings (SSSR count). The Labute approximate surface area is 96.7 Å². The lowest BCUT2D eigenvalue weighted by Crippen LogP contribution is -2.16. The number of aryl methyl sites for hydroxylation is 1. The van der Waals surface area contributed by atoms with Crippen LogP contribution in [0.2, 0.25) is 0 Å². The Balaban J connectivity index is 1.69. The number of nitrogens with zero attached hydrogens (tertiary/aromatic N) is 3. The van der Waals surface area contributed by atoms with Gasteiger partial charge in [-0.1, -0.05) is 16.9 Å². The normalized spacial score (nSPS) is 16.8. The summed E-state index contributed by atoms with van der Waals surface area (Å²) >= 11 is 0. The first-order valence-corrected chi connectivity index (χ1v) is 5.98. The molecule has 0 amide bonds. The summed E-state index contributed by atoms with van der Waals surface area (Å²) in [5.41, 5.74) is 2.42. The number of hydrogen-bond acceptors (Lipinski definition) is 3. The predicted octanol–water partition coefficient (Wildman–Crippen LogP) is 1.45. The topological polar surface area (TPSA) is 42.7 Å². The molecule has 1 aliphatic rings. The van der Waals surface area contributed by atoms with Crippen LogP contribution in [0.4, 0.5) is 0 Å². The highest BCUT2D eigenvalue weighted by atomic mass is 15.4. The molecule has 0 saturated heterocycles. The third-order valence-electron chi connectivity index (χ3n) is 2.76. The third-order valence-corrected chi connectivity index (χ3v) is 2.76. The molecule has 0 spiro atoms. The molecule has 1 heterocycles. The zero-order chi connectivity index (χ0) is 11.4. The number of nitrogens with one attached hydrogen (secondary N) is 1. The molecule has 88 valence electrons. The van der Waals surface area contributed by atoms with Gasteiger partial charge < -0.3 is 5.32 Å². The first-order valence-electron chi connectivity index (χ1n) is 5.98. The Bertz CT molecular complexity index is 363. The Morgan fingerprint density at radius 1 is 1.62 bits per heavy atom. The van der Waals surface area contributed by atoms with Gasteiger partial charge in [-0.3, -0.25) is 4.68 Å². The van der Waals surface area contributed by atoms with Crippen LogP contribution in [0.3, 0.4) is 0 Å². The maximum atomic E-state index is 4.08. The maximum absolute atomic E-state index is 4.08. The highest BCUT2D eigenvalue weighted by Gasteiger charge is 2.19. The summed E-state index contributed by atoms with van der Waals surface area (Å²) in [7, 11) is 1.90. The summed E-state index contributed by atoms with van der Waals surface area (Å²) in [6.45, 7) is 3.26. The SMILES string of the molecule is CC(=CCCNC1CC1)Cc1cn(C)nn1. The molecule has 0 unspecified atom stereocenters. The average molecular weight is 220 g/mol. The maximum Gasteiger partial charge on any atom is 0.0867 e. The second-order valence-electron chi connectivity index (χ2n) is 4.63. The Kier molecular flexibility index (Phi) is 3.72. The predicted molar refractivity (Wildman–Crippen MR) is 64.1 cm³/mol. The Morgan fingerprint density at radius 3 is 3.06 bits per heavy atom. The zero-order valence-electron chi connectivity index (χ0n) is 10.1. The van der Waals surface area contributed by atoms with Gasteiger partial charge in [-0.05, 0) is 32.7 Å². The van der Waals surface area contributed by atoms with E-state index in [-0.39, 0.29) is 0 Å². The molecule has 1 aromatic rings. The van der Waals surface area contributed by atoms with Crippen LogP contribution in [0, 0.1) is 0 Å². The minimum atomic E-state index is 0.814. The van der Waals surface area contributed by atoms with Crippen molar-refractivity contribution in [3.8, 4) is 0 Å². The smallest absolute Gasteiger partial charge is 0.0867 e. The summed E-state index contributed by atoms with van der Waals surface area (Å²) in [5.74, 6) is 0. The van der Waals surface area contributed by atoms with E-state index in [0.29, 0.717) is 0 Å². The average Bonchev–Trinajstić information content (AvgIpc) is 2.98. The summed E-state index contributed by atoms with van der Waals surface area (Å²) in [4.78, 5) is 0. The van der Waals surface area contributed by atoms with Crippen molar-refractivity contribution in [2.75, 3.05) is 6.54 Å². The van der Waals surface area contributed by atoms with Crippen LogP contribution in [0.15, 0.2) is 17.8 Å². The molecule has 4 nitrogen and oxygen atoms in total. The second-order valence-corrected chi connectivity index (χ2v) is 4.63. The van der Waals surface area contributed by atoms with E-state index in [0.717, 1.165) is 31.1 Å². The number of aromatic nitrogens is 3.